The molecule has 0 bridgehead atoms. The maximum atomic E-state index is 11.9. The molecule has 1 heterocycles. The molecule has 0 atom stereocenters. The number of rotatable bonds is 7. The van der Waals surface area contributed by atoms with Crippen LogP contribution in [-0.4, -0.2) is 9.13 Å². The minimum atomic E-state index is -0.185. The van der Waals surface area contributed by atoms with Gasteiger partial charge in [0.05, 0.1) is 0 Å². The van der Waals surface area contributed by atoms with Crippen molar-refractivity contribution >= 4 is 0 Å². The molecule has 4 heteroatoms. The zero-order valence-corrected chi connectivity index (χ0v) is 10.8. The molecule has 0 unspecified atom stereocenters. The summed E-state index contributed by atoms with van der Waals surface area (Å²) in [4.78, 5) is 23.4. The Morgan fingerprint density at radius 1 is 1.06 bits per heavy atom. The highest BCUT2D eigenvalue weighted by Crippen LogP contribution is 2.02. The van der Waals surface area contributed by atoms with Gasteiger partial charge in [-0.15, -0.1) is 0 Å². The van der Waals surface area contributed by atoms with Crippen molar-refractivity contribution in [3.8, 4) is 0 Å². The standard InChI is InChI=1S/C13H22N2O2/c1-3-5-6-7-8-10-15-12(16)9-11-14(4-2)13(15)17/h9,11H,3-8,10H2,1-2H3. The average Bonchev–Trinajstić information content (AvgIpc) is 2.33. The first kappa shape index (κ1) is 13.7. The fourth-order valence-corrected chi connectivity index (χ4v) is 1.88. The molecule has 0 saturated heterocycles. The molecule has 96 valence electrons. The van der Waals surface area contributed by atoms with E-state index in [1.807, 2.05) is 6.92 Å². The van der Waals surface area contributed by atoms with Crippen LogP contribution >= 0.6 is 0 Å². The molecule has 1 aromatic heterocycles. The van der Waals surface area contributed by atoms with Crippen molar-refractivity contribution in [3.05, 3.63) is 33.1 Å². The van der Waals surface area contributed by atoms with Crippen LogP contribution in [0.4, 0.5) is 0 Å². The van der Waals surface area contributed by atoms with Crippen LogP contribution < -0.4 is 11.2 Å². The number of nitrogens with zero attached hydrogens (tertiary/aromatic N) is 2. The van der Waals surface area contributed by atoms with Gasteiger partial charge in [0.1, 0.15) is 0 Å². The fourth-order valence-electron chi connectivity index (χ4n) is 1.88. The molecule has 0 amide bonds. The molecular formula is C13H22N2O2. The van der Waals surface area contributed by atoms with Crippen molar-refractivity contribution in [2.24, 2.45) is 0 Å². The average molecular weight is 238 g/mol. The summed E-state index contributed by atoms with van der Waals surface area (Å²) < 4.78 is 2.91. The van der Waals surface area contributed by atoms with Gasteiger partial charge in [-0.1, -0.05) is 32.6 Å². The molecule has 0 N–H and O–H groups in total. The van der Waals surface area contributed by atoms with E-state index in [1.54, 1.807) is 10.8 Å². The SMILES string of the molecule is CCCCCCCn1c(=O)ccn(CC)c1=O. The first-order chi connectivity index (χ1) is 8.20. The monoisotopic (exact) mass is 238 g/mol. The van der Waals surface area contributed by atoms with Gasteiger partial charge in [0.15, 0.2) is 0 Å². The summed E-state index contributed by atoms with van der Waals surface area (Å²) in [6.07, 6.45) is 7.17. The molecule has 0 aliphatic carbocycles. The van der Waals surface area contributed by atoms with E-state index in [2.05, 4.69) is 6.92 Å². The lowest BCUT2D eigenvalue weighted by Gasteiger charge is -2.07. The lowest BCUT2D eigenvalue weighted by molar-refractivity contribution is 0.516. The van der Waals surface area contributed by atoms with Gasteiger partial charge in [0.25, 0.3) is 5.56 Å². The molecule has 1 aromatic rings. The predicted molar refractivity (Wildman–Crippen MR) is 69.4 cm³/mol. The molecule has 0 spiro atoms. The Hall–Kier alpha value is -1.32. The van der Waals surface area contributed by atoms with E-state index in [-0.39, 0.29) is 11.2 Å². The Labute approximate surface area is 102 Å². The molecule has 17 heavy (non-hydrogen) atoms. The van der Waals surface area contributed by atoms with Gasteiger partial charge in [0.2, 0.25) is 0 Å². The van der Waals surface area contributed by atoms with Crippen LogP contribution in [0, 0.1) is 0 Å². The van der Waals surface area contributed by atoms with Crippen LogP contribution in [0.15, 0.2) is 21.9 Å². The summed E-state index contributed by atoms with van der Waals surface area (Å²) in [7, 11) is 0. The zero-order chi connectivity index (χ0) is 12.7. The van der Waals surface area contributed by atoms with E-state index in [9.17, 15) is 9.59 Å². The Morgan fingerprint density at radius 2 is 1.76 bits per heavy atom. The summed E-state index contributed by atoms with van der Waals surface area (Å²) in [6, 6.07) is 1.47. The van der Waals surface area contributed by atoms with Crippen molar-refractivity contribution in [1.82, 2.24) is 9.13 Å². The molecule has 1 rings (SSSR count). The first-order valence-corrected chi connectivity index (χ1v) is 6.51. The number of aromatic nitrogens is 2. The Bertz CT molecular complexity index is 445. The number of hydrogen-bond acceptors (Lipinski definition) is 2. The van der Waals surface area contributed by atoms with Gasteiger partial charge in [0, 0.05) is 25.4 Å². The van der Waals surface area contributed by atoms with Gasteiger partial charge in [-0.3, -0.25) is 9.36 Å². The minimum absolute atomic E-state index is 0.185. The summed E-state index contributed by atoms with van der Waals surface area (Å²) in [5.74, 6) is 0. The van der Waals surface area contributed by atoms with E-state index >= 15 is 0 Å². The summed E-state index contributed by atoms with van der Waals surface area (Å²) in [5.41, 5.74) is -0.370. The van der Waals surface area contributed by atoms with Gasteiger partial charge in [-0.25, -0.2) is 4.79 Å². The topological polar surface area (TPSA) is 44.0 Å². The predicted octanol–water partition coefficient (Wildman–Crippen LogP) is 2.00. The molecule has 0 aliphatic heterocycles. The largest absolute Gasteiger partial charge is 0.330 e. The Kier molecular flexibility index (Phi) is 5.73. The zero-order valence-electron chi connectivity index (χ0n) is 10.8. The Balaban J connectivity index is 2.64. The smallest absolute Gasteiger partial charge is 0.301 e. The van der Waals surface area contributed by atoms with Gasteiger partial charge in [-0.05, 0) is 13.3 Å². The molecule has 0 fully saturated rings. The van der Waals surface area contributed by atoms with Crippen molar-refractivity contribution in [2.45, 2.75) is 59.0 Å². The van der Waals surface area contributed by atoms with Crippen LogP contribution in [0.25, 0.3) is 0 Å². The van der Waals surface area contributed by atoms with Gasteiger partial charge < -0.3 is 4.57 Å². The van der Waals surface area contributed by atoms with Crippen LogP contribution in [0.3, 0.4) is 0 Å². The summed E-state index contributed by atoms with van der Waals surface area (Å²) in [6.45, 7) is 5.22. The maximum Gasteiger partial charge on any atom is 0.330 e. The highest BCUT2D eigenvalue weighted by atomic mass is 16.2. The second-order valence-corrected chi connectivity index (χ2v) is 4.29. The van der Waals surface area contributed by atoms with E-state index in [0.29, 0.717) is 13.1 Å². The third kappa shape index (κ3) is 3.88. The lowest BCUT2D eigenvalue weighted by atomic mass is 10.1. The second kappa shape index (κ2) is 7.09. The molecule has 4 nitrogen and oxygen atoms in total. The maximum absolute atomic E-state index is 11.9. The number of hydrogen-bond donors (Lipinski definition) is 0. The van der Waals surface area contributed by atoms with E-state index in [1.165, 1.54) is 29.9 Å². The number of unbranched alkanes of at least 4 members (excludes halogenated alkanes) is 4. The van der Waals surface area contributed by atoms with Gasteiger partial charge in [-0.2, -0.15) is 0 Å². The van der Waals surface area contributed by atoms with Crippen molar-refractivity contribution < 1.29 is 0 Å². The van der Waals surface area contributed by atoms with Crippen molar-refractivity contribution in [2.75, 3.05) is 0 Å². The second-order valence-electron chi connectivity index (χ2n) is 4.29. The van der Waals surface area contributed by atoms with Crippen LogP contribution in [0.1, 0.15) is 46.0 Å². The van der Waals surface area contributed by atoms with Gasteiger partial charge >= 0.3 is 5.69 Å². The molecule has 0 radical (unpaired) electrons. The first-order valence-electron chi connectivity index (χ1n) is 6.51. The summed E-state index contributed by atoms with van der Waals surface area (Å²) >= 11 is 0. The van der Waals surface area contributed by atoms with Crippen LogP contribution in [0.2, 0.25) is 0 Å². The van der Waals surface area contributed by atoms with E-state index in [0.717, 1.165) is 12.8 Å². The van der Waals surface area contributed by atoms with Crippen molar-refractivity contribution in [3.63, 3.8) is 0 Å². The lowest BCUT2D eigenvalue weighted by Crippen LogP contribution is -2.38. The third-order valence-electron chi connectivity index (χ3n) is 2.97. The van der Waals surface area contributed by atoms with Crippen molar-refractivity contribution in [1.29, 1.82) is 0 Å². The molecular weight excluding hydrogens is 216 g/mol. The molecule has 0 aromatic carbocycles. The quantitative estimate of drug-likeness (QED) is 0.682. The van der Waals surface area contributed by atoms with E-state index < -0.39 is 0 Å². The van der Waals surface area contributed by atoms with E-state index in [4.69, 9.17) is 0 Å². The molecule has 0 saturated carbocycles. The fraction of sp³-hybridized carbons (Fsp3) is 0.692. The Morgan fingerprint density at radius 3 is 2.41 bits per heavy atom. The highest BCUT2D eigenvalue weighted by Gasteiger charge is 2.03. The normalized spacial score (nSPS) is 10.7. The third-order valence-corrected chi connectivity index (χ3v) is 2.97. The number of aryl methyl sites for hydroxylation is 1. The minimum Gasteiger partial charge on any atom is -0.301 e. The van der Waals surface area contributed by atoms with Crippen LogP contribution in [0.5, 0.6) is 0 Å². The molecule has 0 aliphatic rings. The summed E-state index contributed by atoms with van der Waals surface area (Å²) in [5, 5.41) is 0. The van der Waals surface area contributed by atoms with Crippen LogP contribution in [-0.2, 0) is 13.1 Å². The highest BCUT2D eigenvalue weighted by molar-refractivity contribution is 4.86.